The second-order valence-corrected chi connectivity index (χ2v) is 2.74. The van der Waals surface area contributed by atoms with Gasteiger partial charge < -0.3 is 9.84 Å². The number of carboxylic acids is 1. The summed E-state index contributed by atoms with van der Waals surface area (Å²) in [7, 11) is 0. The minimum Gasteiger partial charge on any atom is -0.478 e. The van der Waals surface area contributed by atoms with Crippen LogP contribution in [0.1, 0.15) is 22.8 Å². The smallest absolute Gasteiger partial charge is 0.384 e. The van der Waals surface area contributed by atoms with Gasteiger partial charge in [-0.1, -0.05) is 5.92 Å². The van der Waals surface area contributed by atoms with Gasteiger partial charge in [0.25, 0.3) is 0 Å². The molecule has 5 nitrogen and oxygen atoms in total. The zero-order valence-corrected chi connectivity index (χ0v) is 8.56. The van der Waals surface area contributed by atoms with Gasteiger partial charge in [-0.25, -0.2) is 9.59 Å². The highest BCUT2D eigenvalue weighted by molar-refractivity contribution is 5.90. The van der Waals surface area contributed by atoms with E-state index >= 15 is 0 Å². The van der Waals surface area contributed by atoms with Gasteiger partial charge in [-0.15, -0.1) is 0 Å². The molecule has 0 aliphatic heterocycles. The maximum atomic E-state index is 10.9. The molecule has 16 heavy (non-hydrogen) atoms. The summed E-state index contributed by atoms with van der Waals surface area (Å²) >= 11 is 0. The Kier molecular flexibility index (Phi) is 4.04. The molecule has 0 fully saturated rings. The fraction of sp³-hybridized carbons (Fsp3) is 0.182. The van der Waals surface area contributed by atoms with Gasteiger partial charge in [-0.2, -0.15) is 0 Å². The van der Waals surface area contributed by atoms with Gasteiger partial charge in [-0.05, 0) is 13.0 Å². The van der Waals surface area contributed by atoms with Gasteiger partial charge in [0, 0.05) is 23.9 Å². The van der Waals surface area contributed by atoms with E-state index in [2.05, 4.69) is 21.6 Å². The third kappa shape index (κ3) is 3.42. The molecule has 0 radical (unpaired) electrons. The molecule has 0 aromatic carbocycles. The predicted molar refractivity (Wildman–Crippen MR) is 54.7 cm³/mol. The van der Waals surface area contributed by atoms with Crippen LogP contribution in [-0.2, 0) is 9.53 Å². The third-order valence-corrected chi connectivity index (χ3v) is 1.57. The molecule has 1 aromatic rings. The zero-order valence-electron chi connectivity index (χ0n) is 8.56. The number of esters is 1. The summed E-state index contributed by atoms with van der Waals surface area (Å²) in [5.74, 6) is 2.96. The average molecular weight is 219 g/mol. The number of aromatic carboxylic acids is 1. The van der Waals surface area contributed by atoms with Crippen molar-refractivity contribution in [2.45, 2.75) is 6.92 Å². The van der Waals surface area contributed by atoms with Crippen LogP contribution in [-0.4, -0.2) is 28.6 Å². The van der Waals surface area contributed by atoms with Crippen molar-refractivity contribution in [1.82, 2.24) is 4.98 Å². The fourth-order valence-corrected chi connectivity index (χ4v) is 0.916. The number of ether oxygens (including phenoxy) is 1. The molecule has 0 bridgehead atoms. The first-order valence-electron chi connectivity index (χ1n) is 4.50. The summed E-state index contributed by atoms with van der Waals surface area (Å²) in [4.78, 5) is 25.2. The van der Waals surface area contributed by atoms with E-state index in [4.69, 9.17) is 5.11 Å². The number of nitrogens with zero attached hydrogens (tertiary/aromatic N) is 1. The van der Waals surface area contributed by atoms with Gasteiger partial charge in [-0.3, -0.25) is 4.98 Å². The van der Waals surface area contributed by atoms with E-state index in [1.54, 1.807) is 6.92 Å². The molecule has 0 amide bonds. The summed E-state index contributed by atoms with van der Waals surface area (Å²) in [6.07, 6.45) is 2.58. The van der Waals surface area contributed by atoms with Crippen molar-refractivity contribution in [2.75, 3.05) is 6.61 Å². The Hall–Kier alpha value is -2.35. The summed E-state index contributed by atoms with van der Waals surface area (Å²) in [6, 6.07) is 1.33. The number of hydrogen-bond donors (Lipinski definition) is 1. The van der Waals surface area contributed by atoms with Gasteiger partial charge >= 0.3 is 11.9 Å². The first kappa shape index (κ1) is 11.7. The Labute approximate surface area is 92.1 Å². The van der Waals surface area contributed by atoms with Gasteiger partial charge in [0.15, 0.2) is 0 Å². The van der Waals surface area contributed by atoms with Gasteiger partial charge in [0.05, 0.1) is 12.2 Å². The Balaban J connectivity index is 2.85. The monoisotopic (exact) mass is 219 g/mol. The highest BCUT2D eigenvalue weighted by Crippen LogP contribution is 2.00. The third-order valence-electron chi connectivity index (χ3n) is 1.57. The van der Waals surface area contributed by atoms with Crippen LogP contribution in [0.3, 0.4) is 0 Å². The summed E-state index contributed by atoms with van der Waals surface area (Å²) in [5.41, 5.74) is 0.378. The van der Waals surface area contributed by atoms with Crippen molar-refractivity contribution in [3.05, 3.63) is 29.6 Å². The normalized spacial score (nSPS) is 8.81. The van der Waals surface area contributed by atoms with Crippen molar-refractivity contribution < 1.29 is 19.4 Å². The summed E-state index contributed by atoms with van der Waals surface area (Å²) < 4.78 is 4.59. The number of pyridine rings is 1. The van der Waals surface area contributed by atoms with E-state index in [0.717, 1.165) is 0 Å². The van der Waals surface area contributed by atoms with Crippen LogP contribution in [0, 0.1) is 11.8 Å². The van der Waals surface area contributed by atoms with E-state index < -0.39 is 11.9 Å². The standard InChI is InChI=1S/C11H9NO4/c1-2-16-10(13)4-3-8-5-9(11(14)15)7-12-6-8/h5-7H,2H2,1H3,(H,14,15). The second kappa shape index (κ2) is 5.51. The Bertz CT molecular complexity index is 470. The first-order valence-corrected chi connectivity index (χ1v) is 4.50. The van der Waals surface area contributed by atoms with Crippen LogP contribution in [0.4, 0.5) is 0 Å². The van der Waals surface area contributed by atoms with E-state index in [0.29, 0.717) is 5.56 Å². The lowest BCUT2D eigenvalue weighted by Gasteiger charge is -1.94. The largest absolute Gasteiger partial charge is 0.478 e. The summed E-state index contributed by atoms with van der Waals surface area (Å²) in [5, 5.41) is 8.69. The minimum atomic E-state index is -1.09. The molecule has 0 spiro atoms. The molecule has 1 N–H and O–H groups in total. The molecule has 0 aliphatic rings. The maximum Gasteiger partial charge on any atom is 0.384 e. The van der Waals surface area contributed by atoms with Crippen LogP contribution in [0.15, 0.2) is 18.5 Å². The van der Waals surface area contributed by atoms with Crippen LogP contribution in [0.25, 0.3) is 0 Å². The highest BCUT2D eigenvalue weighted by Gasteiger charge is 2.02. The lowest BCUT2D eigenvalue weighted by atomic mass is 10.2. The Morgan fingerprint density at radius 3 is 2.88 bits per heavy atom. The number of hydrogen-bond acceptors (Lipinski definition) is 4. The number of carbonyl (C=O) groups excluding carboxylic acids is 1. The maximum absolute atomic E-state index is 10.9. The Morgan fingerprint density at radius 1 is 1.50 bits per heavy atom. The molecule has 82 valence electrons. The second-order valence-electron chi connectivity index (χ2n) is 2.74. The lowest BCUT2D eigenvalue weighted by molar-refractivity contribution is -0.136. The van der Waals surface area contributed by atoms with Crippen molar-refractivity contribution in [3.8, 4) is 11.8 Å². The molecular weight excluding hydrogens is 210 g/mol. The van der Waals surface area contributed by atoms with E-state index in [-0.39, 0.29) is 12.2 Å². The Morgan fingerprint density at radius 2 is 2.25 bits per heavy atom. The van der Waals surface area contributed by atoms with Crippen LogP contribution in [0.2, 0.25) is 0 Å². The molecule has 5 heteroatoms. The van der Waals surface area contributed by atoms with Gasteiger partial charge in [0.2, 0.25) is 0 Å². The quantitative estimate of drug-likeness (QED) is 0.585. The average Bonchev–Trinajstić information content (AvgIpc) is 2.27. The van der Waals surface area contributed by atoms with Gasteiger partial charge in [0.1, 0.15) is 0 Å². The van der Waals surface area contributed by atoms with Crippen LogP contribution < -0.4 is 0 Å². The molecule has 0 unspecified atom stereocenters. The fourth-order valence-electron chi connectivity index (χ4n) is 0.916. The van der Waals surface area contributed by atoms with Crippen molar-refractivity contribution in [1.29, 1.82) is 0 Å². The number of carbonyl (C=O) groups is 2. The molecule has 0 saturated heterocycles. The molecular formula is C11H9NO4. The van der Waals surface area contributed by atoms with E-state index in [1.165, 1.54) is 18.5 Å². The van der Waals surface area contributed by atoms with Crippen LogP contribution in [0.5, 0.6) is 0 Å². The minimum absolute atomic E-state index is 0.0238. The molecule has 0 atom stereocenters. The number of aromatic nitrogens is 1. The SMILES string of the molecule is CCOC(=O)C#Cc1cncc(C(=O)O)c1. The molecule has 1 heterocycles. The topological polar surface area (TPSA) is 76.5 Å². The molecule has 1 aromatic heterocycles. The molecule has 0 saturated carbocycles. The van der Waals surface area contributed by atoms with E-state index in [9.17, 15) is 9.59 Å². The number of carboxylic acid groups (broad SMARTS) is 1. The highest BCUT2D eigenvalue weighted by atomic mass is 16.5. The molecule has 0 aliphatic carbocycles. The zero-order chi connectivity index (χ0) is 12.0. The van der Waals surface area contributed by atoms with E-state index in [1.807, 2.05) is 0 Å². The first-order chi connectivity index (χ1) is 7.63. The molecule has 1 rings (SSSR count). The van der Waals surface area contributed by atoms with Crippen molar-refractivity contribution in [3.63, 3.8) is 0 Å². The van der Waals surface area contributed by atoms with Crippen molar-refractivity contribution in [2.24, 2.45) is 0 Å². The van der Waals surface area contributed by atoms with Crippen molar-refractivity contribution >= 4 is 11.9 Å². The summed E-state index contributed by atoms with van der Waals surface area (Å²) in [6.45, 7) is 1.92. The predicted octanol–water partition coefficient (Wildman–Crippen LogP) is 0.694. The lowest BCUT2D eigenvalue weighted by Crippen LogP contribution is -2.00. The van der Waals surface area contributed by atoms with Crippen LogP contribution >= 0.6 is 0 Å². The number of rotatable bonds is 2.